The van der Waals surface area contributed by atoms with Crippen molar-refractivity contribution in [2.24, 2.45) is 0 Å². The van der Waals surface area contributed by atoms with Gasteiger partial charge in [-0.15, -0.1) is 0 Å². The summed E-state index contributed by atoms with van der Waals surface area (Å²) in [7, 11) is 4.01. The molecule has 0 aliphatic rings. The zero-order valence-corrected chi connectivity index (χ0v) is 10.4. The quantitative estimate of drug-likeness (QED) is 0.815. The summed E-state index contributed by atoms with van der Waals surface area (Å²) in [6.45, 7) is 0. The molecule has 0 aliphatic heterocycles. The van der Waals surface area contributed by atoms with Crippen LogP contribution in [-0.4, -0.2) is 14.1 Å². The predicted molar refractivity (Wildman–Crippen MR) is 74.4 cm³/mol. The van der Waals surface area contributed by atoms with E-state index in [2.05, 4.69) is 42.5 Å². The first-order chi connectivity index (χ1) is 8.16. The Kier molecular flexibility index (Phi) is 3.33. The average molecular weight is 226 g/mol. The topological polar surface area (TPSA) is 29.3 Å². The van der Waals surface area contributed by atoms with E-state index in [1.807, 2.05) is 25.1 Å². The predicted octanol–water partition coefficient (Wildman–Crippen LogP) is 2.93. The van der Waals surface area contributed by atoms with Gasteiger partial charge < -0.3 is 10.6 Å². The molecule has 0 aromatic heterocycles. The lowest BCUT2D eigenvalue weighted by molar-refractivity contribution is 1.12. The highest BCUT2D eigenvalue weighted by Crippen LogP contribution is 2.23. The van der Waals surface area contributed by atoms with Gasteiger partial charge in [0.05, 0.1) is 11.4 Å². The Labute approximate surface area is 103 Å². The molecule has 0 amide bonds. The molecule has 0 fully saturated rings. The van der Waals surface area contributed by atoms with Crippen LogP contribution < -0.4 is 10.6 Å². The normalized spacial score (nSPS) is 10.2. The Morgan fingerprint density at radius 2 is 1.65 bits per heavy atom. The van der Waals surface area contributed by atoms with Gasteiger partial charge in [0.25, 0.3) is 0 Å². The number of anilines is 2. The number of hydrogen-bond donors (Lipinski definition) is 1. The van der Waals surface area contributed by atoms with Gasteiger partial charge in [-0.05, 0) is 29.7 Å². The van der Waals surface area contributed by atoms with Gasteiger partial charge in [-0.1, -0.05) is 36.4 Å². The van der Waals surface area contributed by atoms with Crippen LogP contribution in [0.25, 0.3) is 0 Å². The Bertz CT molecular complexity index is 490. The second kappa shape index (κ2) is 4.91. The third kappa shape index (κ3) is 2.78. The van der Waals surface area contributed by atoms with E-state index in [4.69, 9.17) is 5.73 Å². The summed E-state index contributed by atoms with van der Waals surface area (Å²) in [6, 6.07) is 16.7. The highest BCUT2D eigenvalue weighted by atomic mass is 15.1. The number of hydrogen-bond acceptors (Lipinski definition) is 2. The number of benzene rings is 2. The number of rotatable bonds is 3. The van der Waals surface area contributed by atoms with Gasteiger partial charge in [0, 0.05) is 14.1 Å². The Hall–Kier alpha value is -1.96. The van der Waals surface area contributed by atoms with Gasteiger partial charge in [0.1, 0.15) is 0 Å². The Morgan fingerprint density at radius 3 is 2.24 bits per heavy atom. The van der Waals surface area contributed by atoms with Crippen molar-refractivity contribution in [3.8, 4) is 0 Å². The molecule has 17 heavy (non-hydrogen) atoms. The van der Waals surface area contributed by atoms with E-state index in [0.717, 1.165) is 17.8 Å². The molecule has 0 spiro atoms. The summed E-state index contributed by atoms with van der Waals surface area (Å²) in [5.74, 6) is 0. The molecule has 2 aromatic rings. The van der Waals surface area contributed by atoms with Crippen molar-refractivity contribution < 1.29 is 0 Å². The van der Waals surface area contributed by atoms with Crippen molar-refractivity contribution in [1.29, 1.82) is 0 Å². The third-order valence-corrected chi connectivity index (χ3v) is 2.82. The molecular formula is C15H18N2. The molecule has 2 aromatic carbocycles. The van der Waals surface area contributed by atoms with Crippen LogP contribution in [0.1, 0.15) is 11.1 Å². The second-order valence-corrected chi connectivity index (χ2v) is 4.45. The maximum Gasteiger partial charge on any atom is 0.0594 e. The highest BCUT2D eigenvalue weighted by molar-refractivity contribution is 5.68. The summed E-state index contributed by atoms with van der Waals surface area (Å²) >= 11 is 0. The average Bonchev–Trinajstić information content (AvgIpc) is 2.30. The van der Waals surface area contributed by atoms with E-state index in [0.29, 0.717) is 0 Å². The van der Waals surface area contributed by atoms with Gasteiger partial charge in [0.2, 0.25) is 0 Å². The molecule has 2 rings (SSSR count). The van der Waals surface area contributed by atoms with Crippen molar-refractivity contribution in [3.63, 3.8) is 0 Å². The molecule has 0 saturated carbocycles. The highest BCUT2D eigenvalue weighted by Gasteiger charge is 2.03. The molecule has 0 saturated heterocycles. The monoisotopic (exact) mass is 226 g/mol. The molecule has 0 bridgehead atoms. The lowest BCUT2D eigenvalue weighted by atomic mass is 10.0. The van der Waals surface area contributed by atoms with Crippen LogP contribution in [0, 0.1) is 0 Å². The molecule has 0 radical (unpaired) electrons. The first-order valence-electron chi connectivity index (χ1n) is 5.76. The molecule has 2 N–H and O–H groups in total. The molecule has 0 atom stereocenters. The Morgan fingerprint density at radius 1 is 0.941 bits per heavy atom. The standard InChI is InChI=1S/C15H18N2/c1-17(2)15-9-8-13(11-14(15)16)10-12-6-4-3-5-7-12/h3-9,11H,10,16H2,1-2H3. The van der Waals surface area contributed by atoms with Crippen LogP contribution in [0.2, 0.25) is 0 Å². The zero-order valence-electron chi connectivity index (χ0n) is 10.4. The van der Waals surface area contributed by atoms with E-state index in [1.165, 1.54) is 11.1 Å². The maximum atomic E-state index is 6.03. The first-order valence-corrected chi connectivity index (χ1v) is 5.76. The van der Waals surface area contributed by atoms with E-state index < -0.39 is 0 Å². The van der Waals surface area contributed by atoms with Gasteiger partial charge in [-0.25, -0.2) is 0 Å². The zero-order chi connectivity index (χ0) is 12.3. The van der Waals surface area contributed by atoms with Gasteiger partial charge in [0.15, 0.2) is 0 Å². The van der Waals surface area contributed by atoms with E-state index in [-0.39, 0.29) is 0 Å². The van der Waals surface area contributed by atoms with Crippen LogP contribution >= 0.6 is 0 Å². The fourth-order valence-electron chi connectivity index (χ4n) is 1.95. The first kappa shape index (κ1) is 11.5. The van der Waals surface area contributed by atoms with E-state index >= 15 is 0 Å². The van der Waals surface area contributed by atoms with E-state index in [9.17, 15) is 0 Å². The fourth-order valence-corrected chi connectivity index (χ4v) is 1.95. The van der Waals surface area contributed by atoms with Crippen LogP contribution in [0.4, 0.5) is 11.4 Å². The Balaban J connectivity index is 2.21. The summed E-state index contributed by atoms with van der Waals surface area (Å²) in [5.41, 5.74) is 10.5. The fraction of sp³-hybridized carbons (Fsp3) is 0.200. The number of nitrogens with zero attached hydrogens (tertiary/aromatic N) is 1. The number of nitrogen functional groups attached to an aromatic ring is 1. The summed E-state index contributed by atoms with van der Waals surface area (Å²) in [5, 5.41) is 0. The summed E-state index contributed by atoms with van der Waals surface area (Å²) in [4.78, 5) is 2.03. The largest absolute Gasteiger partial charge is 0.397 e. The molecular weight excluding hydrogens is 208 g/mol. The lowest BCUT2D eigenvalue weighted by Crippen LogP contribution is -2.11. The lowest BCUT2D eigenvalue weighted by Gasteiger charge is -2.16. The SMILES string of the molecule is CN(C)c1ccc(Cc2ccccc2)cc1N. The van der Waals surface area contributed by atoms with Crippen LogP contribution in [0.5, 0.6) is 0 Å². The van der Waals surface area contributed by atoms with Crippen molar-refractivity contribution >= 4 is 11.4 Å². The number of nitrogens with two attached hydrogens (primary N) is 1. The molecule has 2 heteroatoms. The molecule has 0 aliphatic carbocycles. The van der Waals surface area contributed by atoms with Gasteiger partial charge in [-0.2, -0.15) is 0 Å². The van der Waals surface area contributed by atoms with Gasteiger partial charge >= 0.3 is 0 Å². The molecule has 2 nitrogen and oxygen atoms in total. The van der Waals surface area contributed by atoms with Crippen molar-refractivity contribution in [3.05, 3.63) is 59.7 Å². The third-order valence-electron chi connectivity index (χ3n) is 2.82. The van der Waals surface area contributed by atoms with Crippen molar-refractivity contribution in [1.82, 2.24) is 0 Å². The van der Waals surface area contributed by atoms with Crippen molar-refractivity contribution in [2.45, 2.75) is 6.42 Å². The summed E-state index contributed by atoms with van der Waals surface area (Å²) < 4.78 is 0. The molecule has 88 valence electrons. The van der Waals surface area contributed by atoms with E-state index in [1.54, 1.807) is 0 Å². The minimum Gasteiger partial charge on any atom is -0.397 e. The maximum absolute atomic E-state index is 6.03. The van der Waals surface area contributed by atoms with Crippen LogP contribution in [0.15, 0.2) is 48.5 Å². The summed E-state index contributed by atoms with van der Waals surface area (Å²) in [6.07, 6.45) is 0.929. The van der Waals surface area contributed by atoms with Crippen LogP contribution in [-0.2, 0) is 6.42 Å². The minimum absolute atomic E-state index is 0.837. The smallest absolute Gasteiger partial charge is 0.0594 e. The molecule has 0 unspecified atom stereocenters. The molecule has 0 heterocycles. The second-order valence-electron chi connectivity index (χ2n) is 4.45. The van der Waals surface area contributed by atoms with Crippen molar-refractivity contribution in [2.75, 3.05) is 24.7 Å². The minimum atomic E-state index is 0.837. The van der Waals surface area contributed by atoms with Crippen LogP contribution in [0.3, 0.4) is 0 Å². The van der Waals surface area contributed by atoms with Gasteiger partial charge in [-0.3, -0.25) is 0 Å².